The van der Waals surface area contributed by atoms with E-state index < -0.39 is 23.8 Å². The Bertz CT molecular complexity index is 383. The SMILES string of the molecule is CC(N)C(=O)C1CCC(C)(C)CN1C(=O)OC(C)(C)C. The number of carbonyl (C=O) groups is 2. The number of Topliss-reactive ketones (excluding diaryl/α,β-unsaturated/α-hetero) is 1. The second-order valence-electron chi connectivity index (χ2n) is 7.52. The van der Waals surface area contributed by atoms with E-state index in [4.69, 9.17) is 10.5 Å². The lowest BCUT2D eigenvalue weighted by molar-refractivity contribution is -0.127. The molecule has 1 aliphatic heterocycles. The van der Waals surface area contributed by atoms with Crippen LogP contribution in [0.2, 0.25) is 0 Å². The molecular formula is C15H28N2O3. The first-order chi connectivity index (χ1) is 8.93. The number of carbonyl (C=O) groups excluding carboxylic acids is 2. The molecule has 116 valence electrons. The molecule has 20 heavy (non-hydrogen) atoms. The Morgan fingerprint density at radius 2 is 1.90 bits per heavy atom. The molecule has 0 aromatic rings. The highest BCUT2D eigenvalue weighted by molar-refractivity contribution is 5.91. The summed E-state index contributed by atoms with van der Waals surface area (Å²) in [6.45, 7) is 11.8. The number of likely N-dealkylation sites (tertiary alicyclic amines) is 1. The zero-order valence-electron chi connectivity index (χ0n) is 13.5. The van der Waals surface area contributed by atoms with E-state index in [1.807, 2.05) is 20.8 Å². The molecule has 0 aromatic heterocycles. The zero-order valence-corrected chi connectivity index (χ0v) is 13.5. The minimum atomic E-state index is -0.569. The van der Waals surface area contributed by atoms with E-state index in [-0.39, 0.29) is 11.2 Å². The fraction of sp³-hybridized carbons (Fsp3) is 0.867. The number of hydrogen-bond acceptors (Lipinski definition) is 4. The fourth-order valence-electron chi connectivity index (χ4n) is 2.45. The summed E-state index contributed by atoms with van der Waals surface area (Å²) in [7, 11) is 0. The van der Waals surface area contributed by atoms with E-state index in [9.17, 15) is 9.59 Å². The van der Waals surface area contributed by atoms with Crippen LogP contribution in [0.15, 0.2) is 0 Å². The molecule has 1 rings (SSSR count). The smallest absolute Gasteiger partial charge is 0.410 e. The lowest BCUT2D eigenvalue weighted by atomic mass is 9.80. The van der Waals surface area contributed by atoms with Gasteiger partial charge >= 0.3 is 6.09 Å². The van der Waals surface area contributed by atoms with E-state index in [0.29, 0.717) is 13.0 Å². The highest BCUT2D eigenvalue weighted by Gasteiger charge is 2.41. The monoisotopic (exact) mass is 284 g/mol. The Hall–Kier alpha value is -1.10. The third kappa shape index (κ3) is 4.47. The highest BCUT2D eigenvalue weighted by Crippen LogP contribution is 2.33. The first-order valence-corrected chi connectivity index (χ1v) is 7.22. The Morgan fingerprint density at radius 3 is 2.35 bits per heavy atom. The van der Waals surface area contributed by atoms with Crippen molar-refractivity contribution in [3.63, 3.8) is 0 Å². The molecule has 0 saturated carbocycles. The predicted octanol–water partition coefficient (Wildman–Crippen LogP) is 2.33. The van der Waals surface area contributed by atoms with Gasteiger partial charge in [0.1, 0.15) is 5.60 Å². The van der Waals surface area contributed by atoms with E-state index in [2.05, 4.69) is 13.8 Å². The summed E-state index contributed by atoms with van der Waals surface area (Å²) in [5, 5.41) is 0. The molecule has 5 nitrogen and oxygen atoms in total. The molecule has 0 bridgehead atoms. The molecule has 0 radical (unpaired) electrons. The molecule has 1 saturated heterocycles. The van der Waals surface area contributed by atoms with Gasteiger partial charge < -0.3 is 10.5 Å². The van der Waals surface area contributed by atoms with Gasteiger partial charge in [-0.1, -0.05) is 13.8 Å². The van der Waals surface area contributed by atoms with Gasteiger partial charge in [0.05, 0.1) is 12.1 Å². The van der Waals surface area contributed by atoms with Crippen LogP contribution in [0.4, 0.5) is 4.79 Å². The minimum Gasteiger partial charge on any atom is -0.444 e. The van der Waals surface area contributed by atoms with Gasteiger partial charge in [-0.3, -0.25) is 9.69 Å². The average Bonchev–Trinajstić information content (AvgIpc) is 2.24. The van der Waals surface area contributed by atoms with Crippen molar-refractivity contribution in [3.8, 4) is 0 Å². The van der Waals surface area contributed by atoms with Gasteiger partial charge in [0.25, 0.3) is 0 Å². The van der Waals surface area contributed by atoms with Gasteiger partial charge in [-0.15, -0.1) is 0 Å². The largest absolute Gasteiger partial charge is 0.444 e. The summed E-state index contributed by atoms with van der Waals surface area (Å²) in [4.78, 5) is 26.1. The second-order valence-corrected chi connectivity index (χ2v) is 7.52. The lowest BCUT2D eigenvalue weighted by Crippen LogP contribution is -2.56. The van der Waals surface area contributed by atoms with E-state index in [0.717, 1.165) is 6.42 Å². The van der Waals surface area contributed by atoms with Gasteiger partial charge in [-0.2, -0.15) is 0 Å². The third-order valence-corrected chi connectivity index (χ3v) is 3.47. The summed E-state index contributed by atoms with van der Waals surface area (Å²) in [5.74, 6) is -0.0913. The molecule has 2 unspecified atom stereocenters. The van der Waals surface area contributed by atoms with E-state index in [1.54, 1.807) is 11.8 Å². The van der Waals surface area contributed by atoms with Gasteiger partial charge in [0.2, 0.25) is 0 Å². The normalized spacial score (nSPS) is 24.1. The molecular weight excluding hydrogens is 256 g/mol. The highest BCUT2D eigenvalue weighted by atomic mass is 16.6. The summed E-state index contributed by atoms with van der Waals surface area (Å²) in [6, 6.07) is -1.02. The molecule has 2 atom stereocenters. The average molecular weight is 284 g/mol. The lowest BCUT2D eigenvalue weighted by Gasteiger charge is -2.43. The molecule has 1 aliphatic rings. The Morgan fingerprint density at radius 1 is 1.35 bits per heavy atom. The van der Waals surface area contributed by atoms with Crippen LogP contribution in [0.3, 0.4) is 0 Å². The summed E-state index contributed by atoms with van der Waals surface area (Å²) >= 11 is 0. The van der Waals surface area contributed by atoms with Gasteiger partial charge in [0.15, 0.2) is 5.78 Å². The van der Waals surface area contributed by atoms with Crippen LogP contribution in [0.5, 0.6) is 0 Å². The maximum atomic E-state index is 12.3. The third-order valence-electron chi connectivity index (χ3n) is 3.47. The van der Waals surface area contributed by atoms with Crippen molar-refractivity contribution in [1.29, 1.82) is 0 Å². The molecule has 2 N–H and O–H groups in total. The number of hydrogen-bond donors (Lipinski definition) is 1. The van der Waals surface area contributed by atoms with Gasteiger partial charge in [0, 0.05) is 6.54 Å². The molecule has 1 fully saturated rings. The number of ketones is 1. The first kappa shape index (κ1) is 17.0. The Kier molecular flexibility index (Phi) is 4.85. The maximum absolute atomic E-state index is 12.3. The van der Waals surface area contributed by atoms with Crippen molar-refractivity contribution in [3.05, 3.63) is 0 Å². The number of nitrogens with two attached hydrogens (primary N) is 1. The summed E-state index contributed by atoms with van der Waals surface area (Å²) in [5.41, 5.74) is 5.12. The number of nitrogens with zero attached hydrogens (tertiary/aromatic N) is 1. The van der Waals surface area contributed by atoms with Crippen molar-refractivity contribution < 1.29 is 14.3 Å². The summed E-state index contributed by atoms with van der Waals surface area (Å²) < 4.78 is 5.42. The Balaban J connectivity index is 2.93. The molecule has 0 aliphatic carbocycles. The fourth-order valence-corrected chi connectivity index (χ4v) is 2.45. The van der Waals surface area contributed by atoms with Gasteiger partial charge in [-0.25, -0.2) is 4.79 Å². The van der Waals surface area contributed by atoms with Crippen LogP contribution in [0, 0.1) is 5.41 Å². The predicted molar refractivity (Wildman–Crippen MR) is 78.4 cm³/mol. The van der Waals surface area contributed by atoms with Crippen LogP contribution in [0.1, 0.15) is 54.4 Å². The quantitative estimate of drug-likeness (QED) is 0.844. The Labute approximate surface area is 121 Å². The number of amides is 1. The topological polar surface area (TPSA) is 72.6 Å². The van der Waals surface area contributed by atoms with Crippen LogP contribution >= 0.6 is 0 Å². The van der Waals surface area contributed by atoms with Crippen LogP contribution < -0.4 is 5.73 Å². The first-order valence-electron chi connectivity index (χ1n) is 7.22. The van der Waals surface area contributed by atoms with Crippen LogP contribution in [-0.2, 0) is 9.53 Å². The molecule has 0 spiro atoms. The number of rotatable bonds is 2. The molecule has 1 amide bonds. The zero-order chi connectivity index (χ0) is 15.7. The molecule has 1 heterocycles. The summed E-state index contributed by atoms with van der Waals surface area (Å²) in [6.07, 6.45) is 1.12. The standard InChI is InChI=1S/C15H28N2O3/c1-10(16)12(18)11-7-8-15(5,6)9-17(11)13(19)20-14(2,3)4/h10-11H,7-9,16H2,1-6H3. The van der Waals surface area contributed by atoms with Crippen molar-refractivity contribution in [1.82, 2.24) is 4.90 Å². The van der Waals surface area contributed by atoms with Crippen molar-refractivity contribution >= 4 is 11.9 Å². The molecule has 5 heteroatoms. The minimum absolute atomic E-state index is 0.00841. The number of ether oxygens (including phenoxy) is 1. The van der Waals surface area contributed by atoms with Crippen molar-refractivity contribution in [2.75, 3.05) is 6.54 Å². The van der Waals surface area contributed by atoms with Crippen molar-refractivity contribution in [2.24, 2.45) is 11.1 Å². The van der Waals surface area contributed by atoms with E-state index in [1.165, 1.54) is 0 Å². The van der Waals surface area contributed by atoms with E-state index >= 15 is 0 Å². The second kappa shape index (κ2) is 5.72. The van der Waals surface area contributed by atoms with Crippen LogP contribution in [-0.4, -0.2) is 41.0 Å². The van der Waals surface area contributed by atoms with Crippen molar-refractivity contribution in [2.45, 2.75) is 72.1 Å². The van der Waals surface area contributed by atoms with Crippen LogP contribution in [0.25, 0.3) is 0 Å². The molecule has 0 aromatic carbocycles. The van der Waals surface area contributed by atoms with Gasteiger partial charge in [-0.05, 0) is 46.0 Å². The maximum Gasteiger partial charge on any atom is 0.410 e. The number of piperidine rings is 1.